The largest absolute Gasteiger partial charge is 0.480 e. The zero-order valence-corrected chi connectivity index (χ0v) is 11.4. The summed E-state index contributed by atoms with van der Waals surface area (Å²) < 4.78 is 18.0. The second-order valence-corrected chi connectivity index (χ2v) is 4.45. The summed E-state index contributed by atoms with van der Waals surface area (Å²) in [7, 11) is 1.56. The van der Waals surface area contributed by atoms with Crippen molar-refractivity contribution in [3.05, 3.63) is 47.9 Å². The summed E-state index contributed by atoms with van der Waals surface area (Å²) in [5.74, 6) is 1.00. The van der Waals surface area contributed by atoms with E-state index >= 15 is 0 Å². The van der Waals surface area contributed by atoms with Crippen LogP contribution < -0.4 is 10.1 Å². The number of benzene rings is 1. The van der Waals surface area contributed by atoms with Crippen molar-refractivity contribution in [2.75, 3.05) is 12.4 Å². The Balaban J connectivity index is 1.74. The van der Waals surface area contributed by atoms with E-state index in [0.717, 1.165) is 22.6 Å². The van der Waals surface area contributed by atoms with Gasteiger partial charge in [-0.15, -0.1) is 5.10 Å². The fourth-order valence-corrected chi connectivity index (χ4v) is 2.00. The maximum atomic E-state index is 13.0. The molecule has 0 radical (unpaired) electrons. The van der Waals surface area contributed by atoms with Crippen molar-refractivity contribution in [1.82, 2.24) is 20.4 Å². The highest BCUT2D eigenvalue weighted by Gasteiger charge is 2.08. The zero-order valence-electron chi connectivity index (χ0n) is 11.4. The molecule has 0 atom stereocenters. The molecule has 2 heterocycles. The number of nitrogens with zero attached hydrogens (tertiary/aromatic N) is 2. The van der Waals surface area contributed by atoms with E-state index in [-0.39, 0.29) is 5.82 Å². The molecular weight excluding hydrogens is 273 g/mol. The standard InChI is InChI=1S/C14H14FN5O/c1-21-13-6-12(18-19-13)16-7-10-8-17-20-14(10)9-2-4-11(15)5-3-9/h2-6,8H,7H2,1H3,(H,17,20)(H2,16,18,19). The Morgan fingerprint density at radius 1 is 1.24 bits per heavy atom. The zero-order chi connectivity index (χ0) is 14.7. The lowest BCUT2D eigenvalue weighted by Gasteiger charge is -2.05. The smallest absolute Gasteiger partial charge is 0.234 e. The van der Waals surface area contributed by atoms with Crippen molar-refractivity contribution in [1.29, 1.82) is 0 Å². The third kappa shape index (κ3) is 2.86. The molecule has 0 aliphatic rings. The van der Waals surface area contributed by atoms with Crippen LogP contribution in [0.2, 0.25) is 0 Å². The highest BCUT2D eigenvalue weighted by atomic mass is 19.1. The average molecular weight is 287 g/mol. The first-order chi connectivity index (χ1) is 10.3. The summed E-state index contributed by atoms with van der Waals surface area (Å²) in [4.78, 5) is 0. The Morgan fingerprint density at radius 3 is 2.76 bits per heavy atom. The predicted octanol–water partition coefficient (Wildman–Crippen LogP) is 2.56. The summed E-state index contributed by atoms with van der Waals surface area (Å²) >= 11 is 0. The van der Waals surface area contributed by atoms with Crippen molar-refractivity contribution in [3.8, 4) is 17.1 Å². The average Bonchev–Trinajstić information content (AvgIpc) is 3.15. The van der Waals surface area contributed by atoms with E-state index in [4.69, 9.17) is 4.74 Å². The summed E-state index contributed by atoms with van der Waals surface area (Å²) in [6.45, 7) is 0.550. The van der Waals surface area contributed by atoms with Crippen molar-refractivity contribution in [3.63, 3.8) is 0 Å². The van der Waals surface area contributed by atoms with Crippen molar-refractivity contribution >= 4 is 5.82 Å². The van der Waals surface area contributed by atoms with Crippen LogP contribution in [-0.4, -0.2) is 27.5 Å². The number of aromatic nitrogens is 4. The van der Waals surface area contributed by atoms with E-state index in [1.165, 1.54) is 12.1 Å². The lowest BCUT2D eigenvalue weighted by Crippen LogP contribution is -2.00. The second kappa shape index (κ2) is 5.66. The lowest BCUT2D eigenvalue weighted by atomic mass is 10.1. The van der Waals surface area contributed by atoms with E-state index in [9.17, 15) is 4.39 Å². The molecule has 0 saturated carbocycles. The highest BCUT2D eigenvalue weighted by molar-refractivity contribution is 5.63. The molecule has 0 saturated heterocycles. The van der Waals surface area contributed by atoms with E-state index in [1.54, 1.807) is 31.5 Å². The van der Waals surface area contributed by atoms with Gasteiger partial charge in [0, 0.05) is 23.7 Å². The molecule has 3 aromatic rings. The molecule has 2 aromatic heterocycles. The Labute approximate surface area is 120 Å². The van der Waals surface area contributed by atoms with Gasteiger partial charge in [0.15, 0.2) is 0 Å². The van der Waals surface area contributed by atoms with Gasteiger partial charge < -0.3 is 10.1 Å². The SMILES string of the molecule is COc1cc(NCc2cn[nH]c2-c2ccc(F)cc2)[nH]n1. The summed E-state index contributed by atoms with van der Waals surface area (Å²) in [5, 5.41) is 16.9. The van der Waals surface area contributed by atoms with Crippen LogP contribution in [-0.2, 0) is 6.54 Å². The molecular formula is C14H14FN5O. The van der Waals surface area contributed by atoms with E-state index < -0.39 is 0 Å². The molecule has 0 aliphatic heterocycles. The minimum atomic E-state index is -0.262. The molecule has 0 fully saturated rings. The van der Waals surface area contributed by atoms with Crippen molar-refractivity contribution in [2.24, 2.45) is 0 Å². The van der Waals surface area contributed by atoms with Gasteiger partial charge in [0.2, 0.25) is 5.88 Å². The van der Waals surface area contributed by atoms with E-state index in [1.807, 2.05) is 0 Å². The number of hydrogen-bond donors (Lipinski definition) is 3. The minimum absolute atomic E-state index is 0.262. The Bertz CT molecular complexity index is 719. The molecule has 1 aromatic carbocycles. The fourth-order valence-electron chi connectivity index (χ4n) is 2.00. The van der Waals surface area contributed by atoms with Crippen LogP contribution in [0, 0.1) is 5.82 Å². The van der Waals surface area contributed by atoms with Gasteiger partial charge >= 0.3 is 0 Å². The summed E-state index contributed by atoms with van der Waals surface area (Å²) in [6.07, 6.45) is 1.74. The van der Waals surface area contributed by atoms with E-state index in [0.29, 0.717) is 12.4 Å². The molecule has 3 rings (SSSR count). The molecule has 0 aliphatic carbocycles. The monoisotopic (exact) mass is 287 g/mol. The van der Waals surface area contributed by atoms with Crippen LogP contribution in [0.1, 0.15) is 5.56 Å². The van der Waals surface area contributed by atoms with Crippen LogP contribution in [0.25, 0.3) is 11.3 Å². The first-order valence-electron chi connectivity index (χ1n) is 6.37. The molecule has 0 unspecified atom stereocenters. The van der Waals surface area contributed by atoms with Gasteiger partial charge in [-0.1, -0.05) is 0 Å². The Kier molecular flexibility index (Phi) is 3.55. The number of halogens is 1. The molecule has 0 spiro atoms. The molecule has 3 N–H and O–H groups in total. The molecule has 108 valence electrons. The minimum Gasteiger partial charge on any atom is -0.480 e. The number of nitrogens with one attached hydrogen (secondary N) is 3. The number of methoxy groups -OCH3 is 1. The normalized spacial score (nSPS) is 10.6. The third-order valence-electron chi connectivity index (χ3n) is 3.08. The van der Waals surface area contributed by atoms with Crippen molar-refractivity contribution < 1.29 is 9.13 Å². The summed E-state index contributed by atoms with van der Waals surface area (Å²) in [5.41, 5.74) is 2.71. The number of H-pyrrole nitrogens is 2. The van der Waals surface area contributed by atoms with E-state index in [2.05, 4.69) is 25.7 Å². The summed E-state index contributed by atoms with van der Waals surface area (Å²) in [6, 6.07) is 8.04. The van der Waals surface area contributed by atoms with Gasteiger partial charge in [0.1, 0.15) is 11.6 Å². The topological polar surface area (TPSA) is 78.6 Å². The number of rotatable bonds is 5. The maximum absolute atomic E-state index is 13.0. The Hall–Kier alpha value is -2.83. The van der Waals surface area contributed by atoms with Gasteiger partial charge in [0.25, 0.3) is 0 Å². The first kappa shape index (κ1) is 13.2. The van der Waals surface area contributed by atoms with Gasteiger partial charge in [-0.25, -0.2) is 4.39 Å². The first-order valence-corrected chi connectivity index (χ1v) is 6.37. The molecule has 21 heavy (non-hydrogen) atoms. The van der Waals surface area contributed by atoms with Crippen LogP contribution in [0.15, 0.2) is 36.5 Å². The second-order valence-electron chi connectivity index (χ2n) is 4.45. The number of aromatic amines is 2. The predicted molar refractivity (Wildman–Crippen MR) is 76.4 cm³/mol. The number of anilines is 1. The van der Waals surface area contributed by atoms with Gasteiger partial charge in [-0.3, -0.25) is 10.2 Å². The van der Waals surface area contributed by atoms with Gasteiger partial charge in [0.05, 0.1) is 19.0 Å². The lowest BCUT2D eigenvalue weighted by molar-refractivity contribution is 0.397. The maximum Gasteiger partial charge on any atom is 0.234 e. The highest BCUT2D eigenvalue weighted by Crippen LogP contribution is 2.22. The molecule has 0 amide bonds. The molecule has 7 heteroatoms. The quantitative estimate of drug-likeness (QED) is 0.674. The van der Waals surface area contributed by atoms with Gasteiger partial charge in [-0.05, 0) is 24.3 Å². The van der Waals surface area contributed by atoms with Crippen LogP contribution >= 0.6 is 0 Å². The van der Waals surface area contributed by atoms with Crippen LogP contribution in [0.3, 0.4) is 0 Å². The fraction of sp³-hybridized carbons (Fsp3) is 0.143. The number of ether oxygens (including phenoxy) is 1. The Morgan fingerprint density at radius 2 is 2.05 bits per heavy atom. The van der Waals surface area contributed by atoms with Crippen molar-refractivity contribution in [2.45, 2.75) is 6.54 Å². The number of hydrogen-bond acceptors (Lipinski definition) is 4. The molecule has 0 bridgehead atoms. The van der Waals surface area contributed by atoms with Gasteiger partial charge in [-0.2, -0.15) is 5.10 Å². The third-order valence-corrected chi connectivity index (χ3v) is 3.08. The van der Waals surface area contributed by atoms with Crippen LogP contribution in [0.4, 0.5) is 10.2 Å². The molecule has 6 nitrogen and oxygen atoms in total. The van der Waals surface area contributed by atoms with Crippen LogP contribution in [0.5, 0.6) is 5.88 Å².